The molecule has 1 unspecified atom stereocenters. The summed E-state index contributed by atoms with van der Waals surface area (Å²) in [7, 11) is 0. The number of thioether (sulfide) groups is 1. The van der Waals surface area contributed by atoms with E-state index in [4.69, 9.17) is 0 Å². The first-order valence-electron chi connectivity index (χ1n) is 5.53. The van der Waals surface area contributed by atoms with Gasteiger partial charge in [0, 0.05) is 12.2 Å². The average molecular weight is 249 g/mol. The van der Waals surface area contributed by atoms with Crippen molar-refractivity contribution in [2.45, 2.75) is 25.1 Å². The second kappa shape index (κ2) is 4.84. The lowest BCUT2D eigenvalue weighted by Gasteiger charge is -2.30. The Labute approximate surface area is 105 Å². The summed E-state index contributed by atoms with van der Waals surface area (Å²) in [6, 6.07) is 6.98. The van der Waals surface area contributed by atoms with Crippen molar-refractivity contribution < 1.29 is 9.90 Å². The molecule has 1 aromatic rings. The molecule has 0 aliphatic carbocycles. The van der Waals surface area contributed by atoms with E-state index in [1.165, 1.54) is 11.8 Å². The van der Waals surface area contributed by atoms with E-state index in [1.54, 1.807) is 29.2 Å². The fourth-order valence-corrected chi connectivity index (χ4v) is 2.65. The van der Waals surface area contributed by atoms with Gasteiger partial charge in [0.05, 0.1) is 0 Å². The molecule has 4 heteroatoms. The second-order valence-electron chi connectivity index (χ2n) is 4.23. The van der Waals surface area contributed by atoms with Crippen LogP contribution < -0.4 is 0 Å². The predicted molar refractivity (Wildman–Crippen MR) is 69.6 cm³/mol. The number of carbonyl (C=O) groups is 1. The van der Waals surface area contributed by atoms with Crippen molar-refractivity contribution in [2.75, 3.05) is 0 Å². The molecule has 1 heterocycles. The molecular weight excluding hydrogens is 234 g/mol. The van der Waals surface area contributed by atoms with Crippen molar-refractivity contribution in [3.63, 3.8) is 0 Å². The topological polar surface area (TPSA) is 40.5 Å². The van der Waals surface area contributed by atoms with Crippen molar-refractivity contribution in [3.05, 3.63) is 41.4 Å². The number of phenolic OH excluding ortho intramolecular Hbond substituents is 1. The van der Waals surface area contributed by atoms with Crippen LogP contribution in [-0.4, -0.2) is 22.0 Å². The zero-order valence-electron chi connectivity index (χ0n) is 9.83. The highest BCUT2D eigenvalue weighted by Gasteiger charge is 2.29. The Balaban J connectivity index is 2.25. The fraction of sp³-hybridized carbons (Fsp3) is 0.308. The molecule has 1 amide bonds. The Bertz CT molecular complexity index is 439. The van der Waals surface area contributed by atoms with Gasteiger partial charge in [-0.05, 0) is 37.0 Å². The number of benzene rings is 1. The molecule has 0 radical (unpaired) electrons. The van der Waals surface area contributed by atoms with Crippen LogP contribution in [0.3, 0.4) is 0 Å². The second-order valence-corrected chi connectivity index (χ2v) is 5.25. The van der Waals surface area contributed by atoms with E-state index in [-0.39, 0.29) is 22.9 Å². The zero-order valence-corrected chi connectivity index (χ0v) is 10.6. The molecule has 3 nitrogen and oxygen atoms in total. The van der Waals surface area contributed by atoms with Crippen molar-refractivity contribution in [1.82, 2.24) is 4.90 Å². The highest BCUT2D eigenvalue weighted by molar-refractivity contribution is 8.03. The van der Waals surface area contributed by atoms with Crippen molar-refractivity contribution in [2.24, 2.45) is 0 Å². The van der Waals surface area contributed by atoms with Crippen molar-refractivity contribution in [1.29, 1.82) is 0 Å². The molecule has 0 spiro atoms. The first-order chi connectivity index (χ1) is 8.09. The minimum absolute atomic E-state index is 0.0955. The molecule has 0 saturated carbocycles. The van der Waals surface area contributed by atoms with Crippen molar-refractivity contribution >= 4 is 17.7 Å². The largest absolute Gasteiger partial charge is 0.508 e. The molecule has 17 heavy (non-hydrogen) atoms. The summed E-state index contributed by atoms with van der Waals surface area (Å²) < 4.78 is 0. The minimum atomic E-state index is -0.206. The monoisotopic (exact) mass is 249 g/mol. The van der Waals surface area contributed by atoms with Crippen LogP contribution in [0.1, 0.15) is 24.7 Å². The molecule has 0 aromatic heterocycles. The Hall–Kier alpha value is -1.42. The number of hydrogen-bond acceptors (Lipinski definition) is 3. The Morgan fingerprint density at radius 3 is 2.53 bits per heavy atom. The lowest BCUT2D eigenvalue weighted by atomic mass is 10.1. The van der Waals surface area contributed by atoms with E-state index in [0.29, 0.717) is 0 Å². The van der Waals surface area contributed by atoms with Gasteiger partial charge in [-0.2, -0.15) is 0 Å². The van der Waals surface area contributed by atoms with Gasteiger partial charge >= 0.3 is 0 Å². The van der Waals surface area contributed by atoms with E-state index in [9.17, 15) is 9.90 Å². The van der Waals surface area contributed by atoms with Crippen LogP contribution in [0, 0.1) is 0 Å². The van der Waals surface area contributed by atoms with Crippen molar-refractivity contribution in [3.8, 4) is 5.75 Å². The molecule has 0 fully saturated rings. The molecule has 90 valence electrons. The van der Waals surface area contributed by atoms with Crippen LogP contribution in [0.15, 0.2) is 35.9 Å². The molecule has 1 atom stereocenters. The summed E-state index contributed by atoms with van der Waals surface area (Å²) in [5.74, 6) is 0.316. The van der Waals surface area contributed by atoms with Gasteiger partial charge in [-0.15, -0.1) is 11.8 Å². The van der Waals surface area contributed by atoms with Gasteiger partial charge in [-0.3, -0.25) is 4.79 Å². The van der Waals surface area contributed by atoms with E-state index >= 15 is 0 Å². The number of phenols is 1. The number of nitrogens with zero attached hydrogens (tertiary/aromatic N) is 1. The van der Waals surface area contributed by atoms with Crippen LogP contribution in [-0.2, 0) is 4.79 Å². The van der Waals surface area contributed by atoms with E-state index < -0.39 is 0 Å². The summed E-state index contributed by atoms with van der Waals surface area (Å²) in [6.45, 7) is 3.98. The van der Waals surface area contributed by atoms with Crippen LogP contribution in [0.5, 0.6) is 5.75 Å². The first kappa shape index (κ1) is 12.0. The quantitative estimate of drug-likeness (QED) is 0.876. The minimum Gasteiger partial charge on any atom is -0.508 e. The summed E-state index contributed by atoms with van der Waals surface area (Å²) in [5, 5.41) is 11.0. The van der Waals surface area contributed by atoms with Gasteiger partial charge in [0.15, 0.2) is 0 Å². The van der Waals surface area contributed by atoms with Gasteiger partial charge in [0.2, 0.25) is 5.91 Å². The summed E-state index contributed by atoms with van der Waals surface area (Å²) in [6.07, 6.45) is 1.83. The summed E-state index contributed by atoms with van der Waals surface area (Å²) in [5.41, 5.74) is 0.924. The average Bonchev–Trinajstić information content (AvgIpc) is 2.30. The van der Waals surface area contributed by atoms with Gasteiger partial charge < -0.3 is 10.0 Å². The summed E-state index contributed by atoms with van der Waals surface area (Å²) in [4.78, 5) is 14.0. The molecule has 2 rings (SSSR count). The van der Waals surface area contributed by atoms with E-state index in [0.717, 1.165) is 5.56 Å². The number of carbonyl (C=O) groups excluding carboxylic acids is 1. The maximum Gasteiger partial charge on any atom is 0.244 e. The third-order valence-corrected chi connectivity index (χ3v) is 3.69. The Morgan fingerprint density at radius 1 is 1.29 bits per heavy atom. The molecule has 1 aliphatic rings. The van der Waals surface area contributed by atoms with Crippen LogP contribution in [0.25, 0.3) is 0 Å². The molecule has 0 saturated heterocycles. The lowest BCUT2D eigenvalue weighted by molar-refractivity contribution is -0.129. The maximum atomic E-state index is 12.2. The number of rotatable bonds is 2. The fourth-order valence-electron chi connectivity index (χ4n) is 1.74. The molecular formula is C13H15NO2S. The predicted octanol–water partition coefficient (Wildman–Crippen LogP) is 2.89. The first-order valence-corrected chi connectivity index (χ1v) is 6.47. The van der Waals surface area contributed by atoms with Crippen LogP contribution >= 0.6 is 11.8 Å². The third-order valence-electron chi connectivity index (χ3n) is 2.67. The lowest BCUT2D eigenvalue weighted by Crippen LogP contribution is -2.36. The zero-order chi connectivity index (χ0) is 12.4. The summed E-state index contributed by atoms with van der Waals surface area (Å²) >= 11 is 1.50. The Kier molecular flexibility index (Phi) is 3.43. The number of aromatic hydroxyl groups is 1. The molecule has 1 N–H and O–H groups in total. The van der Waals surface area contributed by atoms with Gasteiger partial charge in [0.25, 0.3) is 0 Å². The normalized spacial score (nSPS) is 20.1. The van der Waals surface area contributed by atoms with Crippen LogP contribution in [0.2, 0.25) is 0 Å². The van der Waals surface area contributed by atoms with Gasteiger partial charge in [-0.1, -0.05) is 12.1 Å². The SMILES string of the molecule is CC(C)N1C=CSC(c2ccc(O)cc2)C1=O. The van der Waals surface area contributed by atoms with Gasteiger partial charge in [0.1, 0.15) is 11.0 Å². The van der Waals surface area contributed by atoms with Gasteiger partial charge in [-0.25, -0.2) is 0 Å². The molecule has 1 aliphatic heterocycles. The number of amides is 1. The molecule has 1 aromatic carbocycles. The highest BCUT2D eigenvalue weighted by Crippen LogP contribution is 2.36. The highest BCUT2D eigenvalue weighted by atomic mass is 32.2. The number of hydrogen-bond donors (Lipinski definition) is 1. The third kappa shape index (κ3) is 2.47. The van der Waals surface area contributed by atoms with E-state index in [2.05, 4.69) is 0 Å². The standard InChI is InChI=1S/C13H15NO2S/c1-9(2)14-7-8-17-12(13(14)16)10-3-5-11(15)6-4-10/h3-9,12,15H,1-2H3. The van der Waals surface area contributed by atoms with Crippen LogP contribution in [0.4, 0.5) is 0 Å². The smallest absolute Gasteiger partial charge is 0.244 e. The molecule has 0 bridgehead atoms. The van der Waals surface area contributed by atoms with E-state index in [1.807, 2.05) is 25.5 Å². The Morgan fingerprint density at radius 2 is 1.94 bits per heavy atom. The maximum absolute atomic E-state index is 12.2.